The Kier molecular flexibility index (Phi) is 9.94. The van der Waals surface area contributed by atoms with Gasteiger partial charge in [0.15, 0.2) is 11.3 Å². The summed E-state index contributed by atoms with van der Waals surface area (Å²) in [6.07, 6.45) is 3.08. The maximum Gasteiger partial charge on any atom is 0.288 e. The smallest absolute Gasteiger partial charge is 0.288 e. The van der Waals surface area contributed by atoms with E-state index in [-0.39, 0.29) is 34.0 Å². The molecule has 0 fully saturated rings. The van der Waals surface area contributed by atoms with Gasteiger partial charge in [-0.25, -0.2) is 13.1 Å². The average molecular weight is 570 g/mol. The number of pyridine rings is 1. The summed E-state index contributed by atoms with van der Waals surface area (Å²) < 4.78 is 33.0. The highest BCUT2D eigenvalue weighted by Gasteiger charge is 2.26. The number of hydrogen-bond donors (Lipinski definition) is 3. The number of carbonyl (C=O) groups excluding carboxylic acids is 2. The molecule has 0 aliphatic rings. The fourth-order valence-corrected chi connectivity index (χ4v) is 5.60. The number of furan rings is 1. The van der Waals surface area contributed by atoms with Crippen LogP contribution in [0.25, 0.3) is 11.1 Å². The largest absolute Gasteiger partial charge is 0.449 e. The summed E-state index contributed by atoms with van der Waals surface area (Å²) in [7, 11) is -3.78. The van der Waals surface area contributed by atoms with Crippen molar-refractivity contribution in [3.63, 3.8) is 0 Å². The minimum absolute atomic E-state index is 0.0413. The minimum Gasteiger partial charge on any atom is -0.449 e. The molecule has 0 radical (unpaired) electrons. The molecule has 0 saturated carbocycles. The summed E-state index contributed by atoms with van der Waals surface area (Å²) >= 11 is 11.8. The van der Waals surface area contributed by atoms with Gasteiger partial charge in [-0.2, -0.15) is 0 Å². The Morgan fingerprint density at radius 2 is 1.84 bits per heavy atom. The van der Waals surface area contributed by atoms with Gasteiger partial charge in [0.05, 0.1) is 5.02 Å². The normalized spacial score (nSPS) is 12.6. The maximum absolute atomic E-state index is 12.9. The van der Waals surface area contributed by atoms with E-state index in [2.05, 4.69) is 20.3 Å². The van der Waals surface area contributed by atoms with Crippen molar-refractivity contribution in [2.75, 3.05) is 13.1 Å². The third-order valence-corrected chi connectivity index (χ3v) is 7.77. The molecule has 0 aliphatic heterocycles. The van der Waals surface area contributed by atoms with Gasteiger partial charge in [-0.05, 0) is 62.4 Å². The van der Waals surface area contributed by atoms with Gasteiger partial charge < -0.3 is 15.1 Å². The van der Waals surface area contributed by atoms with E-state index in [1.165, 1.54) is 18.2 Å². The predicted octanol–water partition coefficient (Wildman–Crippen LogP) is 4.46. The number of benzene rings is 1. The summed E-state index contributed by atoms with van der Waals surface area (Å²) in [5.41, 5.74) is 1.72. The number of aryl methyl sites for hydroxylation is 1. The first kappa shape index (κ1) is 28.9. The minimum atomic E-state index is -3.78. The highest BCUT2D eigenvalue weighted by molar-refractivity contribution is 7.89. The van der Waals surface area contributed by atoms with Crippen molar-refractivity contribution in [2.45, 2.75) is 51.0 Å². The zero-order valence-corrected chi connectivity index (χ0v) is 23.1. The Bertz CT molecular complexity index is 1370. The van der Waals surface area contributed by atoms with E-state index in [0.29, 0.717) is 47.5 Å². The van der Waals surface area contributed by atoms with Crippen molar-refractivity contribution in [3.05, 3.63) is 57.9 Å². The number of amides is 2. The number of carbonyl (C=O) groups is 2. The van der Waals surface area contributed by atoms with Crippen LogP contribution >= 0.6 is 23.2 Å². The van der Waals surface area contributed by atoms with Crippen LogP contribution in [0, 0.1) is 12.8 Å². The Balaban J connectivity index is 1.50. The maximum atomic E-state index is 12.9. The van der Waals surface area contributed by atoms with Crippen LogP contribution in [-0.4, -0.2) is 44.3 Å². The molecule has 0 unspecified atom stereocenters. The highest BCUT2D eigenvalue weighted by Crippen LogP contribution is 2.25. The molecule has 12 heteroatoms. The zero-order chi connectivity index (χ0) is 27.2. The fourth-order valence-electron chi connectivity index (χ4n) is 3.75. The Morgan fingerprint density at radius 3 is 2.51 bits per heavy atom. The lowest BCUT2D eigenvalue weighted by Crippen LogP contribution is -2.47. The lowest BCUT2D eigenvalue weighted by Gasteiger charge is -2.20. The molecule has 200 valence electrons. The number of hydrogen-bond acceptors (Lipinski definition) is 6. The Hall–Kier alpha value is -2.66. The molecular weight excluding hydrogens is 539 g/mol. The monoisotopic (exact) mass is 568 g/mol. The van der Waals surface area contributed by atoms with Gasteiger partial charge in [0, 0.05) is 29.9 Å². The van der Waals surface area contributed by atoms with Crippen molar-refractivity contribution in [2.24, 2.45) is 5.92 Å². The molecular formula is C25H30Cl2N4O5S. The fraction of sp³-hybridized carbons (Fsp3) is 0.400. The van der Waals surface area contributed by atoms with Crippen LogP contribution in [0.3, 0.4) is 0 Å². The number of sulfonamides is 1. The average Bonchev–Trinajstić information content (AvgIpc) is 3.17. The first-order valence-electron chi connectivity index (χ1n) is 11.9. The molecule has 37 heavy (non-hydrogen) atoms. The number of nitrogens with one attached hydrogen (secondary N) is 3. The van der Waals surface area contributed by atoms with Crippen LogP contribution in [0.1, 0.15) is 49.2 Å². The zero-order valence-electron chi connectivity index (χ0n) is 20.8. The van der Waals surface area contributed by atoms with Gasteiger partial charge in [-0.1, -0.05) is 37.0 Å². The molecule has 0 bridgehead atoms. The number of aromatic nitrogens is 1. The molecule has 3 rings (SSSR count). The van der Waals surface area contributed by atoms with Crippen molar-refractivity contribution in [1.82, 2.24) is 20.3 Å². The lowest BCUT2D eigenvalue weighted by molar-refractivity contribution is -0.123. The van der Waals surface area contributed by atoms with Crippen molar-refractivity contribution >= 4 is 56.1 Å². The summed E-state index contributed by atoms with van der Waals surface area (Å²) in [5, 5.41) is 5.99. The highest BCUT2D eigenvalue weighted by atomic mass is 35.5. The molecule has 0 saturated heterocycles. The van der Waals surface area contributed by atoms with Crippen LogP contribution in [0.2, 0.25) is 10.0 Å². The van der Waals surface area contributed by atoms with Gasteiger partial charge >= 0.3 is 0 Å². The second-order valence-electron chi connectivity index (χ2n) is 9.03. The number of halogens is 2. The van der Waals surface area contributed by atoms with Crippen LogP contribution in [-0.2, 0) is 14.8 Å². The number of unbranched alkanes of at least 4 members (excludes halogenated alkanes) is 1. The predicted molar refractivity (Wildman–Crippen MR) is 143 cm³/mol. The number of nitrogens with zero attached hydrogens (tertiary/aromatic N) is 1. The summed E-state index contributed by atoms with van der Waals surface area (Å²) in [6.45, 7) is 6.16. The molecule has 0 spiro atoms. The van der Waals surface area contributed by atoms with Crippen molar-refractivity contribution in [3.8, 4) is 0 Å². The van der Waals surface area contributed by atoms with Gasteiger partial charge in [-0.15, -0.1) is 0 Å². The quantitative estimate of drug-likeness (QED) is 0.276. The number of fused-ring (bicyclic) bond motifs is 1. The van der Waals surface area contributed by atoms with E-state index in [4.69, 9.17) is 27.6 Å². The van der Waals surface area contributed by atoms with E-state index in [1.54, 1.807) is 25.3 Å². The van der Waals surface area contributed by atoms with E-state index in [0.717, 1.165) is 0 Å². The second-order valence-corrected chi connectivity index (χ2v) is 11.6. The third-order valence-electron chi connectivity index (χ3n) is 5.59. The standard InChI is InChI=1S/C25H30Cl2N4O5S/c1-15(2)13-19(31-25(33)23-16(3)22-20(36-23)7-6-11-28-22)24(32)29-10-4-5-12-30-37(34,35)21-9-8-17(26)14-18(21)27/h6-9,11,14-15,19,30H,4-5,10,12-13H2,1-3H3,(H,29,32)(H,31,33)/t19-/m0/s1. The molecule has 1 aromatic carbocycles. The Morgan fingerprint density at radius 1 is 1.11 bits per heavy atom. The topological polar surface area (TPSA) is 130 Å². The second kappa shape index (κ2) is 12.7. The lowest BCUT2D eigenvalue weighted by atomic mass is 10.0. The van der Waals surface area contributed by atoms with Crippen LogP contribution < -0.4 is 15.4 Å². The summed E-state index contributed by atoms with van der Waals surface area (Å²) in [4.78, 5) is 29.9. The SMILES string of the molecule is Cc1c(C(=O)N[C@@H](CC(C)C)C(=O)NCCCCNS(=O)(=O)c2ccc(Cl)cc2Cl)oc2cccnc12. The van der Waals surface area contributed by atoms with Crippen LogP contribution in [0.5, 0.6) is 0 Å². The molecule has 3 aromatic rings. The van der Waals surface area contributed by atoms with E-state index >= 15 is 0 Å². The van der Waals surface area contributed by atoms with E-state index < -0.39 is 22.0 Å². The van der Waals surface area contributed by atoms with E-state index in [9.17, 15) is 18.0 Å². The van der Waals surface area contributed by atoms with Crippen molar-refractivity contribution in [1.29, 1.82) is 0 Å². The van der Waals surface area contributed by atoms with Crippen LogP contribution in [0.4, 0.5) is 0 Å². The molecule has 2 amide bonds. The molecule has 9 nitrogen and oxygen atoms in total. The molecule has 2 aromatic heterocycles. The molecule has 0 aliphatic carbocycles. The van der Waals surface area contributed by atoms with Crippen molar-refractivity contribution < 1.29 is 22.4 Å². The third kappa shape index (κ3) is 7.67. The molecule has 1 atom stereocenters. The van der Waals surface area contributed by atoms with Gasteiger partial charge in [0.1, 0.15) is 16.5 Å². The van der Waals surface area contributed by atoms with Crippen LogP contribution in [0.15, 0.2) is 45.8 Å². The Labute approximate surface area is 226 Å². The molecule has 2 heterocycles. The first-order chi connectivity index (χ1) is 17.5. The van der Waals surface area contributed by atoms with Gasteiger partial charge in [0.25, 0.3) is 5.91 Å². The summed E-state index contributed by atoms with van der Waals surface area (Å²) in [6, 6.07) is 6.87. The van der Waals surface area contributed by atoms with E-state index in [1.807, 2.05) is 13.8 Å². The van der Waals surface area contributed by atoms with Gasteiger partial charge in [0.2, 0.25) is 15.9 Å². The molecule has 3 N–H and O–H groups in total. The summed E-state index contributed by atoms with van der Waals surface area (Å²) in [5.74, 6) is -0.513. The van der Waals surface area contributed by atoms with Gasteiger partial charge in [-0.3, -0.25) is 14.6 Å². The number of rotatable bonds is 12. The first-order valence-corrected chi connectivity index (χ1v) is 14.1.